The predicted molar refractivity (Wildman–Crippen MR) is 53.4 cm³/mol. The fraction of sp³-hybridized carbons (Fsp3) is 0.222. The Bertz CT molecular complexity index is 340. The summed E-state index contributed by atoms with van der Waals surface area (Å²) in [6.45, 7) is 1.33. The number of hydrogen-bond donors (Lipinski definition) is 0. The van der Waals surface area contributed by atoms with E-state index in [4.69, 9.17) is 11.6 Å². The number of ketones is 1. The Morgan fingerprint density at radius 2 is 2.23 bits per heavy atom. The Hall–Kier alpha value is -0.410. The highest BCUT2D eigenvalue weighted by molar-refractivity contribution is 9.10. The first-order valence-electron chi connectivity index (χ1n) is 3.62. The zero-order valence-electron chi connectivity index (χ0n) is 6.85. The highest BCUT2D eigenvalue weighted by Crippen LogP contribution is 2.26. The van der Waals surface area contributed by atoms with E-state index in [0.717, 1.165) is 0 Å². The number of alkyl halides is 1. The fourth-order valence-corrected chi connectivity index (χ4v) is 1.47. The Labute approximate surface area is 89.0 Å². The average Bonchev–Trinajstić information content (AvgIpc) is 2.08. The van der Waals surface area contributed by atoms with Crippen LogP contribution in [-0.4, -0.2) is 5.78 Å². The van der Waals surface area contributed by atoms with Crippen LogP contribution in [0.4, 0.5) is 4.39 Å². The molecule has 0 spiro atoms. The minimum Gasteiger partial charge on any atom is -0.298 e. The predicted octanol–water partition coefficient (Wildman–Crippen LogP) is 3.46. The fourth-order valence-electron chi connectivity index (χ4n) is 0.928. The van der Waals surface area contributed by atoms with E-state index >= 15 is 0 Å². The van der Waals surface area contributed by atoms with E-state index in [1.807, 2.05) is 0 Å². The lowest BCUT2D eigenvalue weighted by atomic mass is 10.1. The molecule has 0 saturated heterocycles. The molecule has 0 heterocycles. The molecule has 1 rings (SSSR count). The molecule has 0 radical (unpaired) electrons. The summed E-state index contributed by atoms with van der Waals surface area (Å²) >= 11 is 8.89. The minimum atomic E-state index is -0.905. The van der Waals surface area contributed by atoms with Crippen LogP contribution in [0.3, 0.4) is 0 Å². The summed E-state index contributed by atoms with van der Waals surface area (Å²) in [6, 6.07) is 4.34. The normalized spacial score (nSPS) is 12.6. The Balaban J connectivity index is 3.12. The number of Topliss-reactive ketones (excluding diaryl/α,β-unsaturated/α-hetero) is 1. The molecule has 0 aliphatic carbocycles. The largest absolute Gasteiger partial charge is 0.298 e. The molecule has 0 aliphatic heterocycles. The lowest BCUT2D eigenvalue weighted by Gasteiger charge is -2.07. The number of halogens is 3. The quantitative estimate of drug-likeness (QED) is 0.749. The van der Waals surface area contributed by atoms with Crippen molar-refractivity contribution < 1.29 is 9.18 Å². The van der Waals surface area contributed by atoms with Crippen LogP contribution in [-0.2, 0) is 4.79 Å². The molecule has 13 heavy (non-hydrogen) atoms. The second-order valence-corrected chi connectivity index (χ2v) is 3.99. The molecular weight excluding hydrogens is 258 g/mol. The van der Waals surface area contributed by atoms with E-state index in [1.165, 1.54) is 19.1 Å². The van der Waals surface area contributed by atoms with Crippen molar-refractivity contribution in [1.82, 2.24) is 0 Å². The Morgan fingerprint density at radius 1 is 1.62 bits per heavy atom. The van der Waals surface area contributed by atoms with E-state index in [2.05, 4.69) is 15.9 Å². The second kappa shape index (κ2) is 4.20. The summed E-state index contributed by atoms with van der Waals surface area (Å²) in [6.07, 6.45) is 0. The summed E-state index contributed by atoms with van der Waals surface area (Å²) < 4.78 is 13.8. The average molecular weight is 266 g/mol. The van der Waals surface area contributed by atoms with E-state index in [-0.39, 0.29) is 11.3 Å². The maximum Gasteiger partial charge on any atom is 0.152 e. The lowest BCUT2D eigenvalue weighted by molar-refractivity contribution is -0.116. The summed E-state index contributed by atoms with van der Waals surface area (Å²) in [5.41, 5.74) is 0.212. The van der Waals surface area contributed by atoms with Crippen molar-refractivity contribution in [1.29, 1.82) is 0 Å². The third-order valence-corrected chi connectivity index (χ3v) is 2.62. The van der Waals surface area contributed by atoms with Crippen molar-refractivity contribution in [3.8, 4) is 0 Å². The van der Waals surface area contributed by atoms with Gasteiger partial charge in [-0.05, 0) is 25.1 Å². The maximum atomic E-state index is 13.1. The van der Waals surface area contributed by atoms with Crippen molar-refractivity contribution in [2.24, 2.45) is 0 Å². The number of rotatable bonds is 2. The summed E-state index contributed by atoms with van der Waals surface area (Å²) in [4.78, 5) is 10.9. The highest BCUT2D eigenvalue weighted by Gasteiger charge is 2.17. The van der Waals surface area contributed by atoms with Crippen LogP contribution >= 0.6 is 27.5 Å². The third kappa shape index (κ3) is 2.51. The molecule has 4 heteroatoms. The molecule has 0 bridgehead atoms. The van der Waals surface area contributed by atoms with Crippen LogP contribution in [0, 0.1) is 5.82 Å². The van der Waals surface area contributed by atoms with Gasteiger partial charge in [0.05, 0.1) is 0 Å². The van der Waals surface area contributed by atoms with E-state index in [9.17, 15) is 9.18 Å². The van der Waals surface area contributed by atoms with Gasteiger partial charge in [0, 0.05) is 10.0 Å². The van der Waals surface area contributed by atoms with Gasteiger partial charge >= 0.3 is 0 Å². The van der Waals surface area contributed by atoms with Gasteiger partial charge in [-0.2, -0.15) is 0 Å². The lowest BCUT2D eigenvalue weighted by Crippen LogP contribution is -2.03. The van der Waals surface area contributed by atoms with Gasteiger partial charge in [-0.15, -0.1) is 11.6 Å². The summed E-state index contributed by atoms with van der Waals surface area (Å²) in [5, 5.41) is -0.905. The van der Waals surface area contributed by atoms with Crippen molar-refractivity contribution in [3.05, 3.63) is 34.1 Å². The zero-order chi connectivity index (χ0) is 10.0. The van der Waals surface area contributed by atoms with Gasteiger partial charge in [-0.3, -0.25) is 4.79 Å². The minimum absolute atomic E-state index is 0.212. The molecule has 1 unspecified atom stereocenters. The SMILES string of the molecule is CC(=O)C(Cl)c1cc(Br)ccc1F. The second-order valence-electron chi connectivity index (χ2n) is 2.64. The monoisotopic (exact) mass is 264 g/mol. The van der Waals surface area contributed by atoms with Gasteiger partial charge in [-0.25, -0.2) is 4.39 Å². The molecule has 70 valence electrons. The van der Waals surface area contributed by atoms with Gasteiger partial charge in [0.15, 0.2) is 5.78 Å². The summed E-state index contributed by atoms with van der Waals surface area (Å²) in [5.74, 6) is -0.725. The first-order valence-corrected chi connectivity index (χ1v) is 4.85. The van der Waals surface area contributed by atoms with E-state index < -0.39 is 11.2 Å². The molecule has 0 amide bonds. The Kier molecular flexibility index (Phi) is 3.45. The Morgan fingerprint density at radius 3 is 2.77 bits per heavy atom. The standard InChI is InChI=1S/C9H7BrClFO/c1-5(13)9(11)7-4-6(10)2-3-8(7)12/h2-4,9H,1H3. The number of hydrogen-bond acceptors (Lipinski definition) is 1. The van der Waals surface area contributed by atoms with Crippen molar-refractivity contribution in [3.63, 3.8) is 0 Å². The third-order valence-electron chi connectivity index (χ3n) is 1.59. The number of benzene rings is 1. The number of carbonyl (C=O) groups is 1. The van der Waals surface area contributed by atoms with Gasteiger partial charge < -0.3 is 0 Å². The van der Waals surface area contributed by atoms with Crippen molar-refractivity contribution in [2.45, 2.75) is 12.3 Å². The van der Waals surface area contributed by atoms with Crippen LogP contribution in [0.1, 0.15) is 17.9 Å². The van der Waals surface area contributed by atoms with Gasteiger partial charge in [0.25, 0.3) is 0 Å². The molecule has 0 aliphatic rings. The zero-order valence-corrected chi connectivity index (χ0v) is 9.19. The molecule has 1 nitrogen and oxygen atoms in total. The van der Waals surface area contributed by atoms with E-state index in [1.54, 1.807) is 6.07 Å². The molecule has 1 aromatic rings. The molecule has 0 saturated carbocycles. The van der Waals surface area contributed by atoms with Crippen LogP contribution < -0.4 is 0 Å². The van der Waals surface area contributed by atoms with Gasteiger partial charge in [-0.1, -0.05) is 15.9 Å². The smallest absolute Gasteiger partial charge is 0.152 e. The molecule has 1 atom stereocenters. The molecular formula is C9H7BrClFO. The van der Waals surface area contributed by atoms with Crippen LogP contribution in [0.25, 0.3) is 0 Å². The van der Waals surface area contributed by atoms with Gasteiger partial charge in [0.1, 0.15) is 11.2 Å². The highest BCUT2D eigenvalue weighted by atomic mass is 79.9. The summed E-state index contributed by atoms with van der Waals surface area (Å²) in [7, 11) is 0. The van der Waals surface area contributed by atoms with Crippen LogP contribution in [0.15, 0.2) is 22.7 Å². The maximum absolute atomic E-state index is 13.1. The topological polar surface area (TPSA) is 17.1 Å². The molecule has 1 aromatic carbocycles. The van der Waals surface area contributed by atoms with Crippen LogP contribution in [0.2, 0.25) is 0 Å². The molecule has 0 fully saturated rings. The molecule has 0 aromatic heterocycles. The van der Waals surface area contributed by atoms with E-state index in [0.29, 0.717) is 4.47 Å². The van der Waals surface area contributed by atoms with Gasteiger partial charge in [0.2, 0.25) is 0 Å². The van der Waals surface area contributed by atoms with Crippen molar-refractivity contribution in [2.75, 3.05) is 0 Å². The first-order chi connectivity index (χ1) is 6.02. The first kappa shape index (κ1) is 10.7. The van der Waals surface area contributed by atoms with Crippen LogP contribution in [0.5, 0.6) is 0 Å². The van der Waals surface area contributed by atoms with Crippen molar-refractivity contribution >= 4 is 33.3 Å². The number of carbonyl (C=O) groups excluding carboxylic acids is 1. The molecule has 0 N–H and O–H groups in total.